The van der Waals surface area contributed by atoms with Crippen LogP contribution in [0.4, 0.5) is 11.4 Å². The second-order valence-electron chi connectivity index (χ2n) is 5.45. The molecule has 3 rings (SSSR count). The second kappa shape index (κ2) is 6.77. The molecule has 1 saturated carbocycles. The maximum absolute atomic E-state index is 11.9. The number of carbonyl (C=O) groups is 1. The van der Waals surface area contributed by atoms with Crippen molar-refractivity contribution in [1.82, 2.24) is 9.97 Å². The molecule has 120 valence electrons. The molecule has 0 bridgehead atoms. The van der Waals surface area contributed by atoms with Gasteiger partial charge in [-0.2, -0.15) is 0 Å². The SMILES string of the molecule is [C-]#[N+]c1ccc(NC(=NC2CC2)c2cnc(Cl)nc2C(C)=O)cc1. The van der Waals surface area contributed by atoms with Crippen LogP contribution in [0.2, 0.25) is 5.28 Å². The highest BCUT2D eigenvalue weighted by molar-refractivity contribution is 6.28. The minimum Gasteiger partial charge on any atom is -0.340 e. The lowest BCUT2D eigenvalue weighted by molar-refractivity contribution is 0.101. The lowest BCUT2D eigenvalue weighted by Crippen LogP contribution is -2.19. The molecule has 0 spiro atoms. The van der Waals surface area contributed by atoms with Crippen LogP contribution in [0.15, 0.2) is 35.5 Å². The molecular formula is C17H14ClN5O. The van der Waals surface area contributed by atoms with Crippen LogP contribution in [0, 0.1) is 6.57 Å². The van der Waals surface area contributed by atoms with Gasteiger partial charge in [-0.3, -0.25) is 9.79 Å². The smallest absolute Gasteiger partial charge is 0.223 e. The summed E-state index contributed by atoms with van der Waals surface area (Å²) in [6.45, 7) is 8.43. The van der Waals surface area contributed by atoms with E-state index >= 15 is 0 Å². The number of halogens is 1. The van der Waals surface area contributed by atoms with E-state index < -0.39 is 0 Å². The van der Waals surface area contributed by atoms with Crippen LogP contribution in [-0.2, 0) is 0 Å². The predicted octanol–water partition coefficient (Wildman–Crippen LogP) is 3.90. The summed E-state index contributed by atoms with van der Waals surface area (Å²) in [6, 6.07) is 7.26. The zero-order valence-electron chi connectivity index (χ0n) is 13.0. The fourth-order valence-corrected chi connectivity index (χ4v) is 2.25. The van der Waals surface area contributed by atoms with Gasteiger partial charge in [0.2, 0.25) is 5.28 Å². The summed E-state index contributed by atoms with van der Waals surface area (Å²) in [5.41, 5.74) is 2.08. The van der Waals surface area contributed by atoms with Gasteiger partial charge in [-0.25, -0.2) is 14.8 Å². The quantitative estimate of drug-likeness (QED) is 0.301. The van der Waals surface area contributed by atoms with E-state index in [1.54, 1.807) is 24.3 Å². The fraction of sp³-hybridized carbons (Fsp3) is 0.235. The van der Waals surface area contributed by atoms with E-state index in [0.717, 1.165) is 18.5 Å². The molecule has 0 amide bonds. The van der Waals surface area contributed by atoms with Gasteiger partial charge >= 0.3 is 0 Å². The standard InChI is InChI=1S/C17H14ClN5O/c1-10(24)15-14(9-20-17(18)23-15)16(22-13-7-8-13)21-12-5-3-11(19-2)4-6-12/h3-6,9,13H,7-8H2,1H3,(H,21,22). The van der Waals surface area contributed by atoms with Crippen molar-refractivity contribution in [2.45, 2.75) is 25.8 Å². The lowest BCUT2D eigenvalue weighted by Gasteiger charge is -2.12. The minimum absolute atomic E-state index is 0.0242. The average molecular weight is 340 g/mol. The Hall–Kier alpha value is -2.78. The summed E-state index contributed by atoms with van der Waals surface area (Å²) < 4.78 is 0. The van der Waals surface area contributed by atoms with E-state index in [-0.39, 0.29) is 22.8 Å². The molecule has 1 fully saturated rings. The topological polar surface area (TPSA) is 71.6 Å². The molecule has 2 aromatic rings. The first-order chi connectivity index (χ1) is 11.6. The van der Waals surface area contributed by atoms with Crippen molar-refractivity contribution in [3.05, 3.63) is 58.4 Å². The van der Waals surface area contributed by atoms with Crippen LogP contribution >= 0.6 is 11.6 Å². The Labute approximate surface area is 144 Å². The van der Waals surface area contributed by atoms with Crippen LogP contribution in [0.25, 0.3) is 4.85 Å². The zero-order chi connectivity index (χ0) is 17.1. The number of nitrogens with one attached hydrogen (secondary N) is 1. The Morgan fingerprint density at radius 1 is 1.38 bits per heavy atom. The Morgan fingerprint density at radius 3 is 2.67 bits per heavy atom. The number of hydrogen-bond donors (Lipinski definition) is 1. The highest BCUT2D eigenvalue weighted by Crippen LogP contribution is 2.26. The number of benzene rings is 1. The first-order valence-corrected chi connectivity index (χ1v) is 7.81. The summed E-state index contributed by atoms with van der Waals surface area (Å²) in [7, 11) is 0. The van der Waals surface area contributed by atoms with Crippen LogP contribution in [-0.4, -0.2) is 27.6 Å². The van der Waals surface area contributed by atoms with E-state index in [1.165, 1.54) is 13.1 Å². The lowest BCUT2D eigenvalue weighted by atomic mass is 10.1. The molecule has 1 aromatic carbocycles. The van der Waals surface area contributed by atoms with E-state index in [2.05, 4.69) is 25.1 Å². The number of nitrogens with zero attached hydrogens (tertiary/aromatic N) is 4. The van der Waals surface area contributed by atoms with Gasteiger partial charge in [0.15, 0.2) is 11.5 Å². The zero-order valence-corrected chi connectivity index (χ0v) is 13.7. The first-order valence-electron chi connectivity index (χ1n) is 7.43. The van der Waals surface area contributed by atoms with Crippen LogP contribution < -0.4 is 5.32 Å². The summed E-state index contributed by atoms with van der Waals surface area (Å²) in [5, 5.41) is 3.23. The van der Waals surface area contributed by atoms with Gasteiger partial charge in [0.25, 0.3) is 0 Å². The van der Waals surface area contributed by atoms with Gasteiger partial charge in [-0.05, 0) is 36.6 Å². The molecule has 0 unspecified atom stereocenters. The number of Topliss-reactive ketones (excluding diaryl/α,β-unsaturated/α-hetero) is 1. The number of rotatable bonds is 4. The van der Waals surface area contributed by atoms with Crippen molar-refractivity contribution < 1.29 is 4.79 Å². The van der Waals surface area contributed by atoms with E-state index in [0.29, 0.717) is 17.1 Å². The van der Waals surface area contributed by atoms with Crippen LogP contribution in [0.3, 0.4) is 0 Å². The minimum atomic E-state index is -0.206. The Bertz CT molecular complexity index is 850. The number of carbonyl (C=O) groups excluding carboxylic acids is 1. The van der Waals surface area contributed by atoms with Crippen molar-refractivity contribution in [2.24, 2.45) is 4.99 Å². The molecule has 0 atom stereocenters. The summed E-state index contributed by atoms with van der Waals surface area (Å²) in [6.07, 6.45) is 3.55. The van der Waals surface area contributed by atoms with E-state index in [1.807, 2.05) is 0 Å². The molecule has 1 aromatic heterocycles. The van der Waals surface area contributed by atoms with Gasteiger partial charge in [-0.1, -0.05) is 12.1 Å². The fourth-order valence-electron chi connectivity index (χ4n) is 2.11. The Balaban J connectivity index is 1.98. The van der Waals surface area contributed by atoms with Crippen LogP contribution in [0.5, 0.6) is 0 Å². The molecule has 24 heavy (non-hydrogen) atoms. The molecule has 1 N–H and O–H groups in total. The van der Waals surface area contributed by atoms with Crippen molar-refractivity contribution in [1.29, 1.82) is 0 Å². The molecule has 1 aliphatic rings. The molecule has 1 aliphatic carbocycles. The second-order valence-corrected chi connectivity index (χ2v) is 5.79. The molecule has 1 heterocycles. The van der Waals surface area contributed by atoms with Gasteiger partial charge in [0.05, 0.1) is 18.2 Å². The summed E-state index contributed by atoms with van der Waals surface area (Å²) >= 11 is 5.81. The normalized spacial score (nSPS) is 14.1. The van der Waals surface area contributed by atoms with Crippen molar-refractivity contribution in [2.75, 3.05) is 5.32 Å². The third kappa shape index (κ3) is 3.76. The van der Waals surface area contributed by atoms with Gasteiger partial charge in [0, 0.05) is 18.8 Å². The molecule has 0 aliphatic heterocycles. The average Bonchev–Trinajstić information content (AvgIpc) is 3.39. The number of hydrogen-bond acceptors (Lipinski definition) is 4. The maximum atomic E-state index is 11.9. The van der Waals surface area contributed by atoms with Crippen molar-refractivity contribution in [3.8, 4) is 0 Å². The largest absolute Gasteiger partial charge is 0.340 e. The van der Waals surface area contributed by atoms with Gasteiger partial charge in [-0.15, -0.1) is 0 Å². The molecule has 0 saturated heterocycles. The highest BCUT2D eigenvalue weighted by Gasteiger charge is 2.24. The van der Waals surface area contributed by atoms with Crippen molar-refractivity contribution in [3.63, 3.8) is 0 Å². The third-order valence-corrected chi connectivity index (χ3v) is 3.65. The Morgan fingerprint density at radius 2 is 2.08 bits per heavy atom. The summed E-state index contributed by atoms with van der Waals surface area (Å²) in [5.74, 6) is 0.331. The molecule has 6 nitrogen and oxygen atoms in total. The Kier molecular flexibility index (Phi) is 4.54. The molecule has 7 heteroatoms. The first kappa shape index (κ1) is 16.1. The van der Waals surface area contributed by atoms with Gasteiger partial charge < -0.3 is 5.32 Å². The molecule has 0 radical (unpaired) electrons. The van der Waals surface area contributed by atoms with Crippen LogP contribution in [0.1, 0.15) is 35.8 Å². The number of anilines is 1. The maximum Gasteiger partial charge on any atom is 0.223 e. The van der Waals surface area contributed by atoms with E-state index in [4.69, 9.17) is 18.2 Å². The number of ketones is 1. The van der Waals surface area contributed by atoms with Crippen molar-refractivity contribution >= 4 is 34.6 Å². The summed E-state index contributed by atoms with van der Waals surface area (Å²) in [4.78, 5) is 27.9. The number of amidine groups is 1. The molecular weight excluding hydrogens is 326 g/mol. The van der Waals surface area contributed by atoms with E-state index in [9.17, 15) is 4.79 Å². The number of aromatic nitrogens is 2. The number of aliphatic imine (C=N–C) groups is 1. The highest BCUT2D eigenvalue weighted by atomic mass is 35.5. The third-order valence-electron chi connectivity index (χ3n) is 3.47. The monoisotopic (exact) mass is 339 g/mol. The van der Waals surface area contributed by atoms with Gasteiger partial charge in [0.1, 0.15) is 11.5 Å². The predicted molar refractivity (Wildman–Crippen MR) is 92.9 cm³/mol.